The molecule has 0 spiro atoms. The molecule has 0 amide bonds. The number of esters is 1. The second kappa shape index (κ2) is 5.42. The van der Waals surface area contributed by atoms with Crippen molar-refractivity contribution in [3.8, 4) is 0 Å². The largest absolute Gasteiger partial charge is 0.469 e. The smallest absolute Gasteiger partial charge is 0.309 e. The van der Waals surface area contributed by atoms with Crippen molar-refractivity contribution in [2.45, 2.75) is 20.8 Å². The number of hydrogen-bond donors (Lipinski definition) is 0. The molecule has 2 atom stereocenters. The molecule has 2 nitrogen and oxygen atoms in total. The van der Waals surface area contributed by atoms with Gasteiger partial charge >= 0.3 is 5.97 Å². The van der Waals surface area contributed by atoms with Crippen molar-refractivity contribution < 1.29 is 9.53 Å². The third-order valence-corrected chi connectivity index (χ3v) is 4.96. The van der Waals surface area contributed by atoms with E-state index in [1.54, 1.807) is 5.54 Å². The molecule has 4 heteroatoms. The highest BCUT2D eigenvalue weighted by Crippen LogP contribution is 2.64. The molecule has 0 aromatic heterocycles. The fourth-order valence-corrected chi connectivity index (χ4v) is 3.43. The maximum Gasteiger partial charge on any atom is 0.309 e. The minimum absolute atomic E-state index is 0.0598. The second-order valence-corrected chi connectivity index (χ2v) is 6.40. The monoisotopic (exact) mass is 312 g/mol. The van der Waals surface area contributed by atoms with Crippen LogP contribution in [-0.4, -0.2) is 13.1 Å². The predicted molar refractivity (Wildman–Crippen MR) is 82.8 cm³/mol. The van der Waals surface area contributed by atoms with Gasteiger partial charge in [0.05, 0.1) is 13.0 Å². The normalized spacial score (nSPS) is 24.4. The molecule has 0 aliphatic heterocycles. The Hall–Kier alpha value is -0.990. The summed E-state index contributed by atoms with van der Waals surface area (Å²) in [6.07, 6.45) is 0. The molecule has 20 heavy (non-hydrogen) atoms. The van der Waals surface area contributed by atoms with Crippen LogP contribution in [0, 0.1) is 24.2 Å². The molecule has 1 saturated carbocycles. The van der Waals surface area contributed by atoms with Gasteiger partial charge in [-0.3, -0.25) is 4.79 Å². The van der Waals surface area contributed by atoms with Crippen LogP contribution in [0.2, 0.25) is 5.02 Å². The summed E-state index contributed by atoms with van der Waals surface area (Å²) in [5.74, 6) is -0.281. The van der Waals surface area contributed by atoms with Crippen LogP contribution in [0.1, 0.15) is 25.0 Å². The molecule has 0 N–H and O–H groups in total. The first-order chi connectivity index (χ1) is 9.36. The summed E-state index contributed by atoms with van der Waals surface area (Å²) in [6, 6.07) is 5.73. The first-order valence-electron chi connectivity index (χ1n) is 6.49. The van der Waals surface area contributed by atoms with Crippen molar-refractivity contribution in [3.05, 3.63) is 39.9 Å². The lowest BCUT2D eigenvalue weighted by molar-refractivity contribution is -0.143. The third kappa shape index (κ3) is 2.36. The van der Waals surface area contributed by atoms with Gasteiger partial charge in [-0.05, 0) is 35.1 Å². The first-order valence-corrected chi connectivity index (χ1v) is 7.31. The lowest BCUT2D eigenvalue weighted by Gasteiger charge is -2.12. The Morgan fingerprint density at radius 3 is 2.55 bits per heavy atom. The number of hydrogen-bond acceptors (Lipinski definition) is 2. The topological polar surface area (TPSA) is 26.3 Å². The fraction of sp³-hybridized carbons (Fsp3) is 0.438. The van der Waals surface area contributed by atoms with Gasteiger partial charge in [-0.2, -0.15) is 0 Å². The van der Waals surface area contributed by atoms with Crippen molar-refractivity contribution in [1.82, 2.24) is 0 Å². The van der Waals surface area contributed by atoms with Crippen LogP contribution < -0.4 is 0 Å². The van der Waals surface area contributed by atoms with Crippen LogP contribution in [0.25, 0.3) is 5.57 Å². The molecule has 1 aliphatic carbocycles. The molecule has 0 bridgehead atoms. The lowest BCUT2D eigenvalue weighted by atomic mass is 9.94. The summed E-state index contributed by atoms with van der Waals surface area (Å²) < 4.78 is 4.89. The van der Waals surface area contributed by atoms with E-state index in [1.165, 1.54) is 7.11 Å². The number of ether oxygens (including phenoxy) is 1. The molecule has 1 aliphatic rings. The number of carbonyl (C=O) groups excluding carboxylic acids is 1. The van der Waals surface area contributed by atoms with Crippen molar-refractivity contribution in [1.29, 1.82) is 0 Å². The van der Waals surface area contributed by atoms with Gasteiger partial charge in [0.1, 0.15) is 0 Å². The average molecular weight is 313 g/mol. The Morgan fingerprint density at radius 1 is 1.35 bits per heavy atom. The standard InChI is InChI=1S/C16H18Cl2O2/c1-9-10(6-5-7-12(9)18)11(8-17)13-14(15(19)20-4)16(13,2)3/h5-8,13-14H,1-4H3. The summed E-state index contributed by atoms with van der Waals surface area (Å²) >= 11 is 12.2. The van der Waals surface area contributed by atoms with Gasteiger partial charge in [-0.1, -0.05) is 49.2 Å². The van der Waals surface area contributed by atoms with E-state index in [4.69, 9.17) is 27.9 Å². The molecule has 0 heterocycles. The number of rotatable bonds is 3. The summed E-state index contributed by atoms with van der Waals surface area (Å²) in [4.78, 5) is 11.9. The predicted octanol–water partition coefficient (Wildman–Crippen LogP) is 4.67. The number of carbonyl (C=O) groups is 1. The van der Waals surface area contributed by atoms with E-state index in [2.05, 4.69) is 13.8 Å². The Kier molecular flexibility index (Phi) is 4.17. The molecular formula is C16H18Cl2O2. The molecule has 1 aromatic rings. The van der Waals surface area contributed by atoms with E-state index in [1.807, 2.05) is 25.1 Å². The van der Waals surface area contributed by atoms with E-state index < -0.39 is 0 Å². The Morgan fingerprint density at radius 2 is 2.00 bits per heavy atom. The Bertz CT molecular complexity index is 576. The maximum absolute atomic E-state index is 11.9. The van der Waals surface area contributed by atoms with Gasteiger partial charge in [0.25, 0.3) is 0 Å². The first kappa shape index (κ1) is 15.4. The van der Waals surface area contributed by atoms with Crippen LogP contribution in [0.5, 0.6) is 0 Å². The van der Waals surface area contributed by atoms with Gasteiger partial charge in [0.2, 0.25) is 0 Å². The minimum Gasteiger partial charge on any atom is -0.469 e. The average Bonchev–Trinajstić information content (AvgIpc) is 2.97. The van der Waals surface area contributed by atoms with Crippen LogP contribution >= 0.6 is 23.2 Å². The SMILES string of the molecule is COC(=O)C1C(C(=CCl)c2cccc(Cl)c2C)C1(C)C. The molecule has 0 radical (unpaired) electrons. The van der Waals surface area contributed by atoms with Crippen LogP contribution in [0.15, 0.2) is 23.7 Å². The quantitative estimate of drug-likeness (QED) is 0.758. The van der Waals surface area contributed by atoms with Gasteiger partial charge in [-0.25, -0.2) is 0 Å². The summed E-state index contributed by atoms with van der Waals surface area (Å²) in [6.45, 7) is 6.07. The number of halogens is 2. The summed E-state index contributed by atoms with van der Waals surface area (Å²) in [7, 11) is 1.42. The van der Waals surface area contributed by atoms with Gasteiger partial charge in [0, 0.05) is 16.5 Å². The van der Waals surface area contributed by atoms with Gasteiger partial charge in [-0.15, -0.1) is 0 Å². The van der Waals surface area contributed by atoms with Crippen LogP contribution in [0.4, 0.5) is 0 Å². The van der Waals surface area contributed by atoms with E-state index in [0.29, 0.717) is 5.02 Å². The fourth-order valence-electron chi connectivity index (χ4n) is 3.00. The van der Waals surface area contributed by atoms with Crippen LogP contribution in [0.3, 0.4) is 0 Å². The molecule has 1 fully saturated rings. The maximum atomic E-state index is 11.9. The highest BCUT2D eigenvalue weighted by molar-refractivity contribution is 6.32. The summed E-state index contributed by atoms with van der Waals surface area (Å²) in [5, 5.41) is 0.701. The highest BCUT2D eigenvalue weighted by Gasteiger charge is 2.64. The number of allylic oxidation sites excluding steroid dienone is 1. The lowest BCUT2D eigenvalue weighted by Crippen LogP contribution is -2.07. The highest BCUT2D eigenvalue weighted by atomic mass is 35.5. The van der Waals surface area contributed by atoms with Crippen LogP contribution in [-0.2, 0) is 9.53 Å². The molecule has 108 valence electrons. The van der Waals surface area contributed by atoms with Crippen molar-refractivity contribution in [3.63, 3.8) is 0 Å². The van der Waals surface area contributed by atoms with Crippen molar-refractivity contribution >= 4 is 34.7 Å². The van der Waals surface area contributed by atoms with Gasteiger partial charge < -0.3 is 4.74 Å². The van der Waals surface area contributed by atoms with E-state index in [-0.39, 0.29) is 23.2 Å². The minimum atomic E-state index is -0.185. The Balaban J connectivity index is 2.41. The van der Waals surface area contributed by atoms with Crippen molar-refractivity contribution in [2.75, 3.05) is 7.11 Å². The van der Waals surface area contributed by atoms with E-state index in [9.17, 15) is 4.79 Å². The van der Waals surface area contributed by atoms with Crippen molar-refractivity contribution in [2.24, 2.45) is 17.3 Å². The molecular weight excluding hydrogens is 295 g/mol. The van der Waals surface area contributed by atoms with E-state index >= 15 is 0 Å². The molecule has 0 saturated heterocycles. The van der Waals surface area contributed by atoms with E-state index in [0.717, 1.165) is 16.7 Å². The number of methoxy groups -OCH3 is 1. The van der Waals surface area contributed by atoms with Gasteiger partial charge in [0.15, 0.2) is 0 Å². The third-order valence-electron chi connectivity index (χ3n) is 4.31. The Labute approximate surface area is 129 Å². The summed E-state index contributed by atoms with van der Waals surface area (Å²) in [5.41, 5.74) is 4.34. The zero-order valence-electron chi connectivity index (χ0n) is 12.0. The zero-order chi connectivity index (χ0) is 15.1. The molecule has 2 unspecified atom stereocenters. The number of benzene rings is 1. The molecule has 2 rings (SSSR count). The molecule has 1 aromatic carbocycles. The zero-order valence-corrected chi connectivity index (χ0v) is 13.5. The second-order valence-electron chi connectivity index (χ2n) is 5.78.